The van der Waals surface area contributed by atoms with Crippen LogP contribution in [0.5, 0.6) is 0 Å². The Bertz CT molecular complexity index is 362. The van der Waals surface area contributed by atoms with Crippen molar-refractivity contribution in [3.8, 4) is 0 Å². The summed E-state index contributed by atoms with van der Waals surface area (Å²) in [5.41, 5.74) is 0.473. The molecule has 1 atom stereocenters. The Labute approximate surface area is 99.4 Å². The van der Waals surface area contributed by atoms with E-state index in [2.05, 4.69) is 0 Å². The van der Waals surface area contributed by atoms with Crippen LogP contribution in [0.15, 0.2) is 30.3 Å². The number of hydrogen-bond acceptors (Lipinski definition) is 3. The van der Waals surface area contributed by atoms with E-state index >= 15 is 0 Å². The number of ketones is 1. The Morgan fingerprint density at radius 3 is 2.44 bits per heavy atom. The average molecular weight is 241 g/mol. The minimum absolute atomic E-state index is 0.0629. The van der Waals surface area contributed by atoms with Crippen LogP contribution in [0.4, 0.5) is 0 Å². The monoisotopic (exact) mass is 240 g/mol. The molecule has 1 rings (SSSR count). The van der Waals surface area contributed by atoms with Crippen LogP contribution in [0.25, 0.3) is 0 Å². The van der Waals surface area contributed by atoms with Gasteiger partial charge in [0, 0.05) is 11.4 Å². The Hall–Kier alpha value is -1.35. The summed E-state index contributed by atoms with van der Waals surface area (Å²) in [5.74, 6) is -1.84. The molecule has 0 amide bonds. The van der Waals surface area contributed by atoms with E-state index in [1.54, 1.807) is 37.3 Å². The Morgan fingerprint density at radius 1 is 1.31 bits per heavy atom. The highest BCUT2D eigenvalue weighted by atomic mass is 35.5. The maximum atomic E-state index is 11.9. The molecule has 0 aliphatic heterocycles. The van der Waals surface area contributed by atoms with E-state index in [0.29, 0.717) is 5.56 Å². The van der Waals surface area contributed by atoms with Crippen LogP contribution in [0.2, 0.25) is 0 Å². The molecule has 0 aliphatic rings. The minimum Gasteiger partial charge on any atom is -0.465 e. The maximum absolute atomic E-state index is 11.9. The van der Waals surface area contributed by atoms with Crippen molar-refractivity contribution >= 4 is 23.4 Å². The van der Waals surface area contributed by atoms with Crippen LogP contribution in [0.3, 0.4) is 0 Å². The number of halogens is 1. The molecule has 0 heterocycles. The quantitative estimate of drug-likeness (QED) is 0.343. The second kappa shape index (κ2) is 6.28. The Balaban J connectivity index is 2.82. The van der Waals surface area contributed by atoms with Gasteiger partial charge in [-0.25, -0.2) is 0 Å². The lowest BCUT2D eigenvalue weighted by atomic mass is 9.99. The molecule has 0 spiro atoms. The zero-order chi connectivity index (χ0) is 12.0. The van der Waals surface area contributed by atoms with Crippen LogP contribution < -0.4 is 0 Å². The molecule has 16 heavy (non-hydrogen) atoms. The molecule has 86 valence electrons. The van der Waals surface area contributed by atoms with Gasteiger partial charge in [0.05, 0.1) is 6.61 Å². The summed E-state index contributed by atoms with van der Waals surface area (Å²) in [5, 5.41) is 0. The molecule has 0 saturated heterocycles. The summed E-state index contributed by atoms with van der Waals surface area (Å²) >= 11 is 5.62. The lowest BCUT2D eigenvalue weighted by molar-refractivity contribution is -0.145. The number of esters is 1. The molecule has 0 bridgehead atoms. The van der Waals surface area contributed by atoms with Crippen LogP contribution in [0.1, 0.15) is 17.3 Å². The molecule has 0 aromatic heterocycles. The van der Waals surface area contributed by atoms with Gasteiger partial charge in [0.25, 0.3) is 0 Å². The van der Waals surface area contributed by atoms with Crippen molar-refractivity contribution in [2.45, 2.75) is 6.92 Å². The summed E-state index contributed by atoms with van der Waals surface area (Å²) in [6, 6.07) is 8.59. The van der Waals surface area contributed by atoms with E-state index in [0.717, 1.165) is 0 Å². The van der Waals surface area contributed by atoms with Crippen molar-refractivity contribution in [3.05, 3.63) is 35.9 Å². The van der Waals surface area contributed by atoms with Crippen LogP contribution in [-0.4, -0.2) is 24.2 Å². The summed E-state index contributed by atoms with van der Waals surface area (Å²) in [6.07, 6.45) is 0. The maximum Gasteiger partial charge on any atom is 0.318 e. The normalized spacial score (nSPS) is 11.9. The summed E-state index contributed by atoms with van der Waals surface area (Å²) in [4.78, 5) is 23.4. The number of ether oxygens (including phenoxy) is 1. The second-order valence-corrected chi connectivity index (χ2v) is 3.50. The zero-order valence-corrected chi connectivity index (χ0v) is 9.74. The highest BCUT2D eigenvalue weighted by Crippen LogP contribution is 2.12. The van der Waals surface area contributed by atoms with Gasteiger partial charge >= 0.3 is 5.97 Å². The van der Waals surface area contributed by atoms with Gasteiger partial charge in [-0.3, -0.25) is 9.59 Å². The van der Waals surface area contributed by atoms with Crippen LogP contribution in [0, 0.1) is 5.92 Å². The number of Topliss-reactive ketones (excluding diaryl/α,β-unsaturated/α-hetero) is 1. The van der Waals surface area contributed by atoms with Gasteiger partial charge in [0.15, 0.2) is 5.78 Å². The van der Waals surface area contributed by atoms with Gasteiger partial charge in [-0.05, 0) is 6.92 Å². The van der Waals surface area contributed by atoms with Gasteiger partial charge in [-0.15, -0.1) is 11.6 Å². The number of carbonyl (C=O) groups is 2. The van der Waals surface area contributed by atoms with Gasteiger partial charge in [-0.2, -0.15) is 0 Å². The third-order valence-electron chi connectivity index (χ3n) is 2.10. The Kier molecular flexibility index (Phi) is 4.99. The SMILES string of the molecule is CCOC(=O)C(CCl)C(=O)c1ccccc1. The smallest absolute Gasteiger partial charge is 0.318 e. The van der Waals surface area contributed by atoms with Crippen molar-refractivity contribution in [1.29, 1.82) is 0 Å². The molecule has 0 saturated carbocycles. The van der Waals surface area contributed by atoms with Crippen molar-refractivity contribution in [2.75, 3.05) is 12.5 Å². The van der Waals surface area contributed by atoms with E-state index in [9.17, 15) is 9.59 Å². The molecule has 4 heteroatoms. The van der Waals surface area contributed by atoms with E-state index in [4.69, 9.17) is 16.3 Å². The molecule has 1 aromatic rings. The van der Waals surface area contributed by atoms with Crippen LogP contribution in [-0.2, 0) is 9.53 Å². The molecule has 1 aromatic carbocycles. The number of rotatable bonds is 5. The molecule has 1 unspecified atom stereocenters. The van der Waals surface area contributed by atoms with E-state index in [1.807, 2.05) is 0 Å². The van der Waals surface area contributed by atoms with Gasteiger partial charge < -0.3 is 4.74 Å². The first-order valence-electron chi connectivity index (χ1n) is 5.02. The molecular formula is C12H13ClO3. The van der Waals surface area contributed by atoms with Crippen LogP contribution >= 0.6 is 11.6 Å². The number of hydrogen-bond donors (Lipinski definition) is 0. The van der Waals surface area contributed by atoms with Gasteiger partial charge in [0.2, 0.25) is 0 Å². The highest BCUT2D eigenvalue weighted by Gasteiger charge is 2.27. The van der Waals surface area contributed by atoms with Crippen molar-refractivity contribution < 1.29 is 14.3 Å². The summed E-state index contributed by atoms with van der Waals surface area (Å²) in [6.45, 7) is 1.93. The number of alkyl halides is 1. The topological polar surface area (TPSA) is 43.4 Å². The van der Waals surface area contributed by atoms with Crippen molar-refractivity contribution in [2.24, 2.45) is 5.92 Å². The van der Waals surface area contributed by atoms with Gasteiger partial charge in [-0.1, -0.05) is 30.3 Å². The number of benzene rings is 1. The first-order chi connectivity index (χ1) is 7.70. The van der Waals surface area contributed by atoms with Crippen molar-refractivity contribution in [1.82, 2.24) is 0 Å². The third kappa shape index (κ3) is 3.07. The van der Waals surface area contributed by atoms with E-state index in [-0.39, 0.29) is 18.3 Å². The third-order valence-corrected chi connectivity index (χ3v) is 2.41. The van der Waals surface area contributed by atoms with E-state index < -0.39 is 11.9 Å². The molecular weight excluding hydrogens is 228 g/mol. The first kappa shape index (κ1) is 12.7. The zero-order valence-electron chi connectivity index (χ0n) is 8.98. The molecule has 0 N–H and O–H groups in total. The second-order valence-electron chi connectivity index (χ2n) is 3.19. The highest BCUT2D eigenvalue weighted by molar-refractivity contribution is 6.23. The first-order valence-corrected chi connectivity index (χ1v) is 5.56. The molecule has 0 aliphatic carbocycles. The number of carbonyl (C=O) groups excluding carboxylic acids is 2. The summed E-state index contributed by atoms with van der Waals surface area (Å²) in [7, 11) is 0. The summed E-state index contributed by atoms with van der Waals surface area (Å²) < 4.78 is 4.79. The average Bonchev–Trinajstić information content (AvgIpc) is 2.31. The Morgan fingerprint density at radius 2 is 1.94 bits per heavy atom. The largest absolute Gasteiger partial charge is 0.465 e. The lowest BCUT2D eigenvalue weighted by Crippen LogP contribution is -2.27. The minimum atomic E-state index is -0.913. The fraction of sp³-hybridized carbons (Fsp3) is 0.333. The molecule has 3 nitrogen and oxygen atoms in total. The van der Waals surface area contributed by atoms with Crippen molar-refractivity contribution in [3.63, 3.8) is 0 Å². The molecule has 0 fully saturated rings. The van der Waals surface area contributed by atoms with Gasteiger partial charge in [0.1, 0.15) is 5.92 Å². The predicted molar refractivity (Wildman–Crippen MR) is 61.6 cm³/mol. The fourth-order valence-electron chi connectivity index (χ4n) is 1.29. The standard InChI is InChI=1S/C12H13ClO3/c1-2-16-12(15)10(8-13)11(14)9-6-4-3-5-7-9/h3-7,10H,2,8H2,1H3. The lowest BCUT2D eigenvalue weighted by Gasteiger charge is -2.11. The predicted octanol–water partition coefficient (Wildman–Crippen LogP) is 2.29. The van der Waals surface area contributed by atoms with E-state index in [1.165, 1.54) is 0 Å². The molecule has 0 radical (unpaired) electrons. The fourth-order valence-corrected chi connectivity index (χ4v) is 1.55.